The van der Waals surface area contributed by atoms with Gasteiger partial charge in [0.1, 0.15) is 42.9 Å². The molecule has 174 valence electrons. The van der Waals surface area contributed by atoms with Crippen molar-refractivity contribution < 1.29 is 13.2 Å². The molecule has 1 atom stereocenters. The number of aromatic nitrogens is 5. The Morgan fingerprint density at radius 1 is 1.15 bits per heavy atom. The molecule has 10 heteroatoms. The second-order valence-corrected chi connectivity index (χ2v) is 11.2. The van der Waals surface area contributed by atoms with Crippen LogP contribution >= 0.6 is 21.1 Å². The molecule has 1 unspecified atom stereocenters. The van der Waals surface area contributed by atoms with Crippen LogP contribution in [0.15, 0.2) is 48.1 Å². The van der Waals surface area contributed by atoms with Crippen molar-refractivity contribution in [2.75, 3.05) is 5.73 Å². The molecule has 4 rings (SSSR count). The van der Waals surface area contributed by atoms with E-state index in [4.69, 9.17) is 13.8 Å². The largest absolute Gasteiger partial charge is 0.414 e. The van der Waals surface area contributed by atoms with Crippen LogP contribution in [0.5, 0.6) is 0 Å². The topological polar surface area (TPSA) is 126 Å². The zero-order valence-electron chi connectivity index (χ0n) is 19.4. The summed E-state index contributed by atoms with van der Waals surface area (Å²) in [5, 5.41) is 14.4. The highest BCUT2D eigenvalue weighted by atomic mass is 127. The van der Waals surface area contributed by atoms with Crippen LogP contribution in [0.4, 0.5) is 5.82 Å². The first kappa shape index (κ1) is 23.4. The lowest BCUT2D eigenvalue weighted by molar-refractivity contribution is -0.360. The van der Waals surface area contributed by atoms with Gasteiger partial charge in [-0.2, -0.15) is 5.10 Å². The summed E-state index contributed by atoms with van der Waals surface area (Å²) < 4.78 is 8.84. The minimum atomic E-state index is -0.846. The smallest absolute Gasteiger partial charge is 0.288 e. The first-order valence-electron chi connectivity index (χ1n) is 10.7. The van der Waals surface area contributed by atoms with Crippen molar-refractivity contribution in [1.29, 1.82) is 0 Å². The number of aliphatic hydroxyl groups is 1. The lowest BCUT2D eigenvalue weighted by Crippen LogP contribution is -2.36. The standard InChI is InChI=1S/C23H28IN7O2/c1-14(2)23(5,16-6-7-17(26-9-16)18-10-28-19(25)11-27-18)21-24-33-20(30-21)15-8-29-31(12-15)13-22(3,4)32/h6-12,14,32H,13H2,1-5H3,(H2,25,28)/p+1. The van der Waals surface area contributed by atoms with E-state index in [9.17, 15) is 5.11 Å². The van der Waals surface area contributed by atoms with Crippen molar-refractivity contribution >= 4 is 36.5 Å². The van der Waals surface area contributed by atoms with E-state index in [1.807, 2.05) is 18.5 Å². The number of nitrogens with one attached hydrogen (secondary N) is 1. The molecule has 0 saturated heterocycles. The first-order valence-corrected chi connectivity index (χ1v) is 12.7. The van der Waals surface area contributed by atoms with Crippen LogP contribution < -0.4 is 10.7 Å². The molecule has 4 N–H and O–H groups in total. The molecule has 1 aliphatic rings. The maximum atomic E-state index is 10.0. The number of nitrogen functional groups attached to an aromatic ring is 1. The molecule has 0 aromatic carbocycles. The van der Waals surface area contributed by atoms with Crippen molar-refractivity contribution in [3.8, 4) is 11.4 Å². The van der Waals surface area contributed by atoms with Crippen molar-refractivity contribution in [3.63, 3.8) is 0 Å². The van der Waals surface area contributed by atoms with Crippen molar-refractivity contribution in [3.05, 3.63) is 54.2 Å². The molecular weight excluding hydrogens is 533 g/mol. The van der Waals surface area contributed by atoms with Gasteiger partial charge in [-0.25, -0.2) is 15.0 Å². The van der Waals surface area contributed by atoms with Crippen molar-refractivity contribution in [2.45, 2.75) is 52.2 Å². The van der Waals surface area contributed by atoms with Gasteiger partial charge < -0.3 is 8.17 Å². The van der Waals surface area contributed by atoms with Crippen LogP contribution in [-0.4, -0.2) is 40.0 Å². The summed E-state index contributed by atoms with van der Waals surface area (Å²) in [6.45, 7) is 10.5. The van der Waals surface area contributed by atoms with Crippen LogP contribution in [0.25, 0.3) is 11.4 Å². The van der Waals surface area contributed by atoms with Gasteiger partial charge in [-0.1, -0.05) is 19.9 Å². The van der Waals surface area contributed by atoms with E-state index in [2.05, 4.69) is 46.9 Å². The maximum Gasteiger partial charge on any atom is 0.288 e. The molecule has 0 saturated carbocycles. The zero-order valence-corrected chi connectivity index (χ0v) is 21.5. The molecular formula is C23H29IN7O2+. The fourth-order valence-electron chi connectivity index (χ4n) is 3.51. The molecule has 0 aliphatic carbocycles. The number of hydrogen-bond acceptors (Lipinski definition) is 7. The molecule has 3 aromatic rings. The number of nitrogens with zero attached hydrogens (tertiary/aromatic N) is 5. The van der Waals surface area contributed by atoms with Crippen molar-refractivity contribution in [1.82, 2.24) is 19.7 Å². The summed E-state index contributed by atoms with van der Waals surface area (Å²) in [4.78, 5) is 16.9. The van der Waals surface area contributed by atoms with Crippen molar-refractivity contribution in [2.24, 2.45) is 10.9 Å². The second-order valence-electron chi connectivity index (χ2n) is 9.28. The number of aliphatic imine (C=N–C) groups is 1. The summed E-state index contributed by atoms with van der Waals surface area (Å²) in [6, 6.07) is 4.06. The highest BCUT2D eigenvalue weighted by Gasteiger charge is 2.39. The minimum Gasteiger partial charge on any atom is -0.414 e. The lowest BCUT2D eigenvalue weighted by atomic mass is 9.74. The Morgan fingerprint density at radius 2 is 1.91 bits per heavy atom. The van der Waals surface area contributed by atoms with Gasteiger partial charge in [0.2, 0.25) is 5.90 Å². The molecule has 1 aliphatic heterocycles. The Hall–Kier alpha value is -2.73. The normalized spacial score (nSPS) is 16.0. The highest BCUT2D eigenvalue weighted by molar-refractivity contribution is 14.2. The van der Waals surface area contributed by atoms with Crippen LogP contribution in [0.2, 0.25) is 0 Å². The van der Waals surface area contributed by atoms with Crippen LogP contribution in [0.3, 0.4) is 0 Å². The van der Waals surface area contributed by atoms with Crippen LogP contribution in [0, 0.1) is 5.92 Å². The fraction of sp³-hybridized carbons (Fsp3) is 0.391. The first-order chi connectivity index (χ1) is 15.6. The molecule has 0 spiro atoms. The average Bonchev–Trinajstić information content (AvgIpc) is 3.42. The fourth-order valence-corrected chi connectivity index (χ4v) is 5.99. The predicted octanol–water partition coefficient (Wildman–Crippen LogP) is 2.91. The van der Waals surface area contributed by atoms with Gasteiger partial charge in [0.15, 0.2) is 0 Å². The Morgan fingerprint density at radius 3 is 2.52 bits per heavy atom. The predicted molar refractivity (Wildman–Crippen MR) is 136 cm³/mol. The molecule has 0 fully saturated rings. The number of pyridine rings is 1. The van der Waals surface area contributed by atoms with E-state index in [1.54, 1.807) is 37.1 Å². The molecule has 4 heterocycles. The Kier molecular flexibility index (Phi) is 6.32. The minimum absolute atomic E-state index is 0.285. The summed E-state index contributed by atoms with van der Waals surface area (Å²) >= 11 is -0.746. The molecule has 3 aromatic heterocycles. The monoisotopic (exact) mass is 562 g/mol. The molecule has 0 amide bonds. The van der Waals surface area contributed by atoms with E-state index in [0.29, 0.717) is 18.3 Å². The summed E-state index contributed by atoms with van der Waals surface area (Å²) in [5.41, 5.74) is 7.94. The quantitative estimate of drug-likeness (QED) is 0.427. The van der Waals surface area contributed by atoms with E-state index in [-0.39, 0.29) is 11.3 Å². The Bertz CT molecular complexity index is 1190. The zero-order chi connectivity index (χ0) is 23.8. The second kappa shape index (κ2) is 8.90. The number of H-pyrrole nitrogens is 1. The number of rotatable bonds is 7. The summed E-state index contributed by atoms with van der Waals surface area (Å²) in [6.07, 6.45) is 8.83. The lowest BCUT2D eigenvalue weighted by Gasteiger charge is -2.32. The Labute approximate surface area is 203 Å². The van der Waals surface area contributed by atoms with E-state index in [0.717, 1.165) is 26.1 Å². The molecule has 9 nitrogen and oxygen atoms in total. The molecule has 0 radical (unpaired) electrons. The summed E-state index contributed by atoms with van der Waals surface area (Å²) in [5.74, 6) is 1.38. The van der Waals surface area contributed by atoms with E-state index < -0.39 is 26.7 Å². The van der Waals surface area contributed by atoms with Gasteiger partial charge in [0, 0.05) is 17.8 Å². The van der Waals surface area contributed by atoms with Crippen LogP contribution in [0.1, 0.15) is 45.7 Å². The van der Waals surface area contributed by atoms with Crippen LogP contribution in [-0.2, 0) is 15.0 Å². The number of hydrogen-bond donors (Lipinski definition) is 2. The average molecular weight is 562 g/mol. The number of halogens is 1. The summed E-state index contributed by atoms with van der Waals surface area (Å²) in [7, 11) is 0. The maximum absolute atomic E-state index is 10.0. The number of nitrogens with two attached hydrogens (primary N) is 1. The van der Waals surface area contributed by atoms with Gasteiger partial charge in [-0.05, 0) is 38.3 Å². The third-order valence-corrected chi connectivity index (χ3v) is 8.16. The third kappa shape index (κ3) is 4.96. The number of anilines is 1. The molecule has 33 heavy (non-hydrogen) atoms. The molecule has 0 bridgehead atoms. The van der Waals surface area contributed by atoms with Gasteiger partial charge in [-0.15, -0.1) is 0 Å². The SMILES string of the molecule is CC(C)C(C)(C1=IOC(c2cnn(CC(C)(C)O)c2)=N1)c1ccc(-c2c[nH+]c(N)cn2)nc1. The third-order valence-electron chi connectivity index (χ3n) is 5.74. The van der Waals surface area contributed by atoms with Gasteiger partial charge in [0.25, 0.3) is 5.82 Å². The van der Waals surface area contributed by atoms with E-state index >= 15 is 0 Å². The van der Waals surface area contributed by atoms with Gasteiger partial charge in [0.05, 0.1) is 29.6 Å². The van der Waals surface area contributed by atoms with E-state index in [1.165, 1.54) is 0 Å². The van der Waals surface area contributed by atoms with Gasteiger partial charge >= 0.3 is 0 Å². The van der Waals surface area contributed by atoms with Gasteiger partial charge in [-0.3, -0.25) is 15.4 Å². The number of aromatic amines is 1. The Balaban J connectivity index is 1.60. The highest BCUT2D eigenvalue weighted by Crippen LogP contribution is 2.39.